The lowest BCUT2D eigenvalue weighted by atomic mass is 10.0. The lowest BCUT2D eigenvalue weighted by molar-refractivity contribution is 0.410. The number of hydrogen-bond acceptors (Lipinski definition) is 4. The monoisotopic (exact) mass is 298 g/mol. The van der Waals surface area contributed by atoms with Crippen molar-refractivity contribution in [1.82, 2.24) is 4.98 Å². The Labute approximate surface area is 128 Å². The summed E-state index contributed by atoms with van der Waals surface area (Å²) in [4.78, 5) is 4.65. The van der Waals surface area contributed by atoms with Crippen molar-refractivity contribution < 1.29 is 4.74 Å². The zero-order valence-electron chi connectivity index (χ0n) is 12.2. The maximum atomic E-state index is 6.33. The Morgan fingerprint density at radius 2 is 2.05 bits per heavy atom. The molecule has 108 valence electrons. The standard InChI is InChI=1S/C17H18N2OS/c1-11-7-8-12(9-15(11)20-2)13(18)10-17-19-14-5-3-4-6-16(14)21-17/h3-9,13H,10,18H2,1-2H3. The molecule has 0 aliphatic rings. The van der Waals surface area contributed by atoms with Crippen LogP contribution in [0.3, 0.4) is 0 Å². The van der Waals surface area contributed by atoms with E-state index < -0.39 is 0 Å². The number of methoxy groups -OCH3 is 1. The number of ether oxygens (including phenoxy) is 1. The van der Waals surface area contributed by atoms with Crippen LogP contribution in [-0.2, 0) is 6.42 Å². The summed E-state index contributed by atoms with van der Waals surface area (Å²) in [5.74, 6) is 0.882. The predicted octanol–water partition coefficient (Wildman–Crippen LogP) is 3.86. The maximum Gasteiger partial charge on any atom is 0.122 e. The van der Waals surface area contributed by atoms with E-state index in [1.54, 1.807) is 18.4 Å². The first-order chi connectivity index (χ1) is 10.2. The predicted molar refractivity (Wildman–Crippen MR) is 88.0 cm³/mol. The van der Waals surface area contributed by atoms with Crippen LogP contribution in [0.1, 0.15) is 22.2 Å². The van der Waals surface area contributed by atoms with Crippen molar-refractivity contribution in [2.24, 2.45) is 5.73 Å². The molecule has 0 saturated heterocycles. The fourth-order valence-electron chi connectivity index (χ4n) is 2.38. The number of para-hydroxylation sites is 1. The van der Waals surface area contributed by atoms with Gasteiger partial charge in [0.05, 0.1) is 22.3 Å². The SMILES string of the molecule is COc1cc(C(N)Cc2nc3ccccc3s2)ccc1C. The molecule has 21 heavy (non-hydrogen) atoms. The van der Waals surface area contributed by atoms with Gasteiger partial charge < -0.3 is 10.5 Å². The Hall–Kier alpha value is -1.91. The molecule has 0 aliphatic heterocycles. The highest BCUT2D eigenvalue weighted by Gasteiger charge is 2.12. The van der Waals surface area contributed by atoms with Crippen LogP contribution in [0.2, 0.25) is 0 Å². The van der Waals surface area contributed by atoms with Crippen LogP contribution in [0.15, 0.2) is 42.5 Å². The van der Waals surface area contributed by atoms with Crippen LogP contribution < -0.4 is 10.5 Å². The van der Waals surface area contributed by atoms with E-state index in [1.165, 1.54) is 4.70 Å². The first kappa shape index (κ1) is 14.0. The minimum absolute atomic E-state index is 0.0694. The van der Waals surface area contributed by atoms with Gasteiger partial charge in [0.1, 0.15) is 5.75 Å². The summed E-state index contributed by atoms with van der Waals surface area (Å²) in [6.07, 6.45) is 0.742. The fourth-order valence-corrected chi connectivity index (χ4v) is 3.41. The highest BCUT2D eigenvalue weighted by molar-refractivity contribution is 7.18. The molecule has 0 radical (unpaired) electrons. The van der Waals surface area contributed by atoms with Crippen LogP contribution in [0.4, 0.5) is 0 Å². The van der Waals surface area contributed by atoms with Gasteiger partial charge in [-0.1, -0.05) is 24.3 Å². The van der Waals surface area contributed by atoms with Crippen molar-refractivity contribution >= 4 is 21.6 Å². The van der Waals surface area contributed by atoms with Gasteiger partial charge in [0, 0.05) is 12.5 Å². The molecule has 0 aliphatic carbocycles. The van der Waals surface area contributed by atoms with E-state index in [2.05, 4.69) is 17.1 Å². The summed E-state index contributed by atoms with van der Waals surface area (Å²) >= 11 is 1.71. The largest absolute Gasteiger partial charge is 0.496 e. The van der Waals surface area contributed by atoms with Gasteiger partial charge in [0.15, 0.2) is 0 Å². The summed E-state index contributed by atoms with van der Waals surface area (Å²) in [7, 11) is 1.69. The van der Waals surface area contributed by atoms with E-state index in [9.17, 15) is 0 Å². The van der Waals surface area contributed by atoms with Crippen LogP contribution in [0.25, 0.3) is 10.2 Å². The second-order valence-electron chi connectivity index (χ2n) is 5.12. The third kappa shape index (κ3) is 2.91. The van der Waals surface area contributed by atoms with Crippen LogP contribution in [0, 0.1) is 6.92 Å². The lowest BCUT2D eigenvalue weighted by Crippen LogP contribution is -2.13. The molecule has 2 aromatic carbocycles. The number of nitrogens with zero attached hydrogens (tertiary/aromatic N) is 1. The first-order valence-corrected chi connectivity index (χ1v) is 7.73. The molecule has 1 heterocycles. The number of rotatable bonds is 4. The summed E-state index contributed by atoms with van der Waals surface area (Å²) in [6.45, 7) is 2.03. The van der Waals surface area contributed by atoms with Crippen molar-refractivity contribution in [2.45, 2.75) is 19.4 Å². The number of fused-ring (bicyclic) bond motifs is 1. The van der Waals surface area contributed by atoms with Crippen LogP contribution >= 0.6 is 11.3 Å². The molecular weight excluding hydrogens is 280 g/mol. The normalized spacial score (nSPS) is 12.5. The molecule has 0 spiro atoms. The molecule has 0 amide bonds. The molecular formula is C17H18N2OS. The zero-order chi connectivity index (χ0) is 14.8. The summed E-state index contributed by atoms with van der Waals surface area (Å²) in [5.41, 5.74) is 9.58. The van der Waals surface area contributed by atoms with E-state index >= 15 is 0 Å². The van der Waals surface area contributed by atoms with Crippen molar-refractivity contribution in [3.63, 3.8) is 0 Å². The van der Waals surface area contributed by atoms with E-state index in [0.29, 0.717) is 0 Å². The molecule has 3 rings (SSSR count). The van der Waals surface area contributed by atoms with Crippen LogP contribution in [0.5, 0.6) is 5.75 Å². The van der Waals surface area contributed by atoms with Crippen molar-refractivity contribution in [1.29, 1.82) is 0 Å². The zero-order valence-corrected chi connectivity index (χ0v) is 13.0. The second kappa shape index (κ2) is 5.84. The third-order valence-electron chi connectivity index (χ3n) is 3.59. The van der Waals surface area contributed by atoms with Gasteiger partial charge in [0.25, 0.3) is 0 Å². The quantitative estimate of drug-likeness (QED) is 0.795. The highest BCUT2D eigenvalue weighted by Crippen LogP contribution is 2.27. The number of thiazole rings is 1. The van der Waals surface area contributed by atoms with E-state index in [-0.39, 0.29) is 6.04 Å². The van der Waals surface area contributed by atoms with Crippen molar-refractivity contribution in [3.8, 4) is 5.75 Å². The third-order valence-corrected chi connectivity index (χ3v) is 4.65. The summed E-state index contributed by atoms with van der Waals surface area (Å²) < 4.78 is 6.57. The van der Waals surface area contributed by atoms with Crippen LogP contribution in [-0.4, -0.2) is 12.1 Å². The molecule has 0 fully saturated rings. The Balaban J connectivity index is 1.83. The van der Waals surface area contributed by atoms with E-state index in [0.717, 1.165) is 33.8 Å². The smallest absolute Gasteiger partial charge is 0.122 e. The van der Waals surface area contributed by atoms with Gasteiger partial charge in [-0.3, -0.25) is 0 Å². The van der Waals surface area contributed by atoms with Gasteiger partial charge in [0.2, 0.25) is 0 Å². The Kier molecular flexibility index (Phi) is 3.90. The molecule has 1 aromatic heterocycles. The molecule has 2 N–H and O–H groups in total. The molecule has 0 saturated carbocycles. The molecule has 4 heteroatoms. The number of benzene rings is 2. The number of hydrogen-bond donors (Lipinski definition) is 1. The number of nitrogens with two attached hydrogens (primary N) is 1. The fraction of sp³-hybridized carbons (Fsp3) is 0.235. The lowest BCUT2D eigenvalue weighted by Gasteiger charge is -2.13. The van der Waals surface area contributed by atoms with E-state index in [4.69, 9.17) is 10.5 Å². The minimum Gasteiger partial charge on any atom is -0.496 e. The van der Waals surface area contributed by atoms with Gasteiger partial charge in [-0.2, -0.15) is 0 Å². The summed E-state index contributed by atoms with van der Waals surface area (Å²) in [6, 6.07) is 14.2. The molecule has 3 nitrogen and oxygen atoms in total. The maximum absolute atomic E-state index is 6.33. The van der Waals surface area contributed by atoms with Gasteiger partial charge in [-0.25, -0.2) is 4.98 Å². The Morgan fingerprint density at radius 3 is 2.81 bits per heavy atom. The average molecular weight is 298 g/mol. The Bertz CT molecular complexity index is 733. The Morgan fingerprint density at radius 1 is 1.24 bits per heavy atom. The molecule has 3 aromatic rings. The summed E-state index contributed by atoms with van der Waals surface area (Å²) in [5, 5.41) is 1.07. The first-order valence-electron chi connectivity index (χ1n) is 6.92. The molecule has 1 atom stereocenters. The average Bonchev–Trinajstić information content (AvgIpc) is 2.89. The van der Waals surface area contributed by atoms with Gasteiger partial charge in [-0.05, 0) is 36.2 Å². The second-order valence-corrected chi connectivity index (χ2v) is 6.23. The van der Waals surface area contributed by atoms with Crippen molar-refractivity contribution in [2.75, 3.05) is 7.11 Å². The van der Waals surface area contributed by atoms with E-state index in [1.807, 2.05) is 37.3 Å². The van der Waals surface area contributed by atoms with Crippen molar-refractivity contribution in [3.05, 3.63) is 58.6 Å². The minimum atomic E-state index is -0.0694. The number of aryl methyl sites for hydroxylation is 1. The topological polar surface area (TPSA) is 48.1 Å². The highest BCUT2D eigenvalue weighted by atomic mass is 32.1. The number of aromatic nitrogens is 1. The van der Waals surface area contributed by atoms with Gasteiger partial charge >= 0.3 is 0 Å². The van der Waals surface area contributed by atoms with Gasteiger partial charge in [-0.15, -0.1) is 11.3 Å². The molecule has 0 bridgehead atoms. The molecule has 1 unspecified atom stereocenters.